The molecule has 7 unspecified atom stereocenters. The zero-order valence-electron chi connectivity index (χ0n) is 18.6. The quantitative estimate of drug-likeness (QED) is 0.468. The second kappa shape index (κ2) is 6.01. The molecule has 4 aliphatic rings. The van der Waals surface area contributed by atoms with Gasteiger partial charge in [0.15, 0.2) is 11.5 Å². The molecule has 1 N–H and O–H groups in total. The van der Waals surface area contributed by atoms with E-state index in [2.05, 4.69) is 26.1 Å². The zero-order valence-corrected chi connectivity index (χ0v) is 18.6. The first-order valence-electron chi connectivity index (χ1n) is 10.8. The second-order valence-electron chi connectivity index (χ2n) is 10.7. The summed E-state index contributed by atoms with van der Waals surface area (Å²) in [5.74, 6) is 1.50. The lowest BCUT2D eigenvalue weighted by molar-refractivity contribution is -0.983. The van der Waals surface area contributed by atoms with Crippen molar-refractivity contribution in [2.24, 2.45) is 11.3 Å². The Bertz CT molecular complexity index is 950. The van der Waals surface area contributed by atoms with Crippen LogP contribution in [0, 0.1) is 11.3 Å². The lowest BCUT2D eigenvalue weighted by Gasteiger charge is -2.55. The highest BCUT2D eigenvalue weighted by atomic mass is 16.6. The molecule has 1 aromatic carbocycles. The highest BCUT2D eigenvalue weighted by Gasteiger charge is 2.72. The molecule has 6 heteroatoms. The van der Waals surface area contributed by atoms with Gasteiger partial charge < -0.3 is 19.3 Å². The van der Waals surface area contributed by atoms with E-state index in [1.165, 1.54) is 11.1 Å². The number of benzene rings is 1. The Kier molecular flexibility index (Phi) is 3.98. The summed E-state index contributed by atoms with van der Waals surface area (Å²) in [4.78, 5) is 12.6. The van der Waals surface area contributed by atoms with E-state index >= 15 is 0 Å². The first kappa shape index (κ1) is 19.9. The maximum atomic E-state index is 12.6. The number of quaternary nitrogens is 1. The van der Waals surface area contributed by atoms with Crippen LogP contribution in [-0.2, 0) is 14.9 Å². The van der Waals surface area contributed by atoms with Crippen molar-refractivity contribution in [2.45, 2.75) is 63.8 Å². The van der Waals surface area contributed by atoms with Gasteiger partial charge in [-0.1, -0.05) is 12.2 Å². The van der Waals surface area contributed by atoms with Crippen LogP contribution in [-0.4, -0.2) is 54.7 Å². The summed E-state index contributed by atoms with van der Waals surface area (Å²) in [5.41, 5.74) is 1.64. The Morgan fingerprint density at radius 3 is 2.73 bits per heavy atom. The van der Waals surface area contributed by atoms with Crippen LogP contribution in [0.3, 0.4) is 0 Å². The maximum Gasteiger partial charge on any atom is 0.315 e. The van der Waals surface area contributed by atoms with Gasteiger partial charge in [-0.25, -0.2) is 0 Å². The summed E-state index contributed by atoms with van der Waals surface area (Å²) in [6.45, 7) is 8.22. The minimum Gasteiger partial charge on any atom is -0.493 e. The smallest absolute Gasteiger partial charge is 0.315 e. The zero-order chi connectivity index (χ0) is 21.6. The lowest BCUT2D eigenvalue weighted by atomic mass is 9.59. The van der Waals surface area contributed by atoms with Crippen molar-refractivity contribution < 1.29 is 28.6 Å². The van der Waals surface area contributed by atoms with Gasteiger partial charge >= 0.3 is 5.97 Å². The van der Waals surface area contributed by atoms with E-state index in [0.717, 1.165) is 17.9 Å². The number of esters is 1. The SMILES string of the molecule is COc1ccc2c3c1OC1C(O)C=CC4C(C)[N+](C)(COC(=O)C(C)(C)C)C2CC341. The van der Waals surface area contributed by atoms with Crippen LogP contribution in [0.15, 0.2) is 24.3 Å². The molecule has 0 saturated carbocycles. The molecule has 1 spiro atoms. The van der Waals surface area contributed by atoms with Gasteiger partial charge in [-0.05, 0) is 39.8 Å². The van der Waals surface area contributed by atoms with E-state index < -0.39 is 11.5 Å². The van der Waals surface area contributed by atoms with E-state index in [1.54, 1.807) is 7.11 Å². The fraction of sp³-hybridized carbons (Fsp3) is 0.625. The van der Waals surface area contributed by atoms with Gasteiger partial charge in [-0.15, -0.1) is 0 Å². The van der Waals surface area contributed by atoms with Crippen molar-refractivity contribution in [3.05, 3.63) is 35.4 Å². The fourth-order valence-electron chi connectivity index (χ4n) is 6.40. The molecule has 7 atom stereocenters. The van der Waals surface area contributed by atoms with E-state index in [1.807, 2.05) is 32.9 Å². The number of hydrogen-bond acceptors (Lipinski definition) is 5. The molecule has 0 amide bonds. The molecule has 2 bridgehead atoms. The van der Waals surface area contributed by atoms with Gasteiger partial charge in [-0.2, -0.15) is 0 Å². The third-order valence-electron chi connectivity index (χ3n) is 8.15. The van der Waals surface area contributed by atoms with Crippen molar-refractivity contribution in [1.82, 2.24) is 0 Å². The summed E-state index contributed by atoms with van der Waals surface area (Å²) in [6.07, 6.45) is 3.95. The molecule has 0 radical (unpaired) electrons. The topological polar surface area (TPSA) is 65.0 Å². The van der Waals surface area contributed by atoms with Crippen LogP contribution in [0.2, 0.25) is 0 Å². The Labute approximate surface area is 178 Å². The molecule has 2 aliphatic heterocycles. The number of aliphatic hydroxyl groups is 1. The Morgan fingerprint density at radius 1 is 1.33 bits per heavy atom. The molecule has 0 aromatic heterocycles. The van der Waals surface area contributed by atoms with Crippen LogP contribution in [0.1, 0.15) is 51.3 Å². The number of hydrogen-bond donors (Lipinski definition) is 1. The monoisotopic (exact) mass is 414 g/mol. The minimum atomic E-state index is -0.646. The van der Waals surface area contributed by atoms with Crippen molar-refractivity contribution in [1.29, 1.82) is 0 Å². The molecular formula is C24H32NO5+. The summed E-state index contributed by atoms with van der Waals surface area (Å²) < 4.78 is 18.5. The standard InChI is InChI=1S/C24H32NO5/c1-13-15-8-9-17(26)21-24(15)11-16(25(13,5)12-29-22(27)23(2,3)4)14-7-10-18(28-6)20(30-21)19(14)24/h7-10,13,15-17,21,26H,11-12H2,1-6H3/q+1. The van der Waals surface area contributed by atoms with Crippen molar-refractivity contribution >= 4 is 5.97 Å². The minimum absolute atomic E-state index is 0.175. The first-order valence-corrected chi connectivity index (χ1v) is 10.8. The Hall–Kier alpha value is -2.05. The molecule has 162 valence electrons. The van der Waals surface area contributed by atoms with Crippen LogP contribution in [0.25, 0.3) is 0 Å². The normalized spacial score (nSPS) is 40.0. The van der Waals surface area contributed by atoms with Crippen molar-refractivity contribution in [3.63, 3.8) is 0 Å². The number of aliphatic hydroxyl groups excluding tert-OH is 1. The summed E-state index contributed by atoms with van der Waals surface area (Å²) in [6, 6.07) is 4.47. The maximum absolute atomic E-state index is 12.6. The van der Waals surface area contributed by atoms with Crippen LogP contribution in [0.5, 0.6) is 11.5 Å². The van der Waals surface area contributed by atoms with Gasteiger partial charge in [0.2, 0.25) is 6.73 Å². The van der Waals surface area contributed by atoms with Crippen molar-refractivity contribution in [2.75, 3.05) is 20.9 Å². The average molecular weight is 415 g/mol. The lowest BCUT2D eigenvalue weighted by Crippen LogP contribution is -2.67. The summed E-state index contributed by atoms with van der Waals surface area (Å²) in [5, 5.41) is 10.8. The number of carbonyl (C=O) groups excluding carboxylic acids is 1. The van der Waals surface area contributed by atoms with Gasteiger partial charge in [0, 0.05) is 23.5 Å². The number of likely N-dealkylation sites (tertiary alicyclic amines) is 1. The summed E-state index contributed by atoms with van der Waals surface area (Å²) >= 11 is 0. The molecule has 1 aromatic rings. The summed E-state index contributed by atoms with van der Waals surface area (Å²) in [7, 11) is 3.85. The van der Waals surface area contributed by atoms with Gasteiger partial charge in [0.05, 0.1) is 31.0 Å². The molecule has 1 saturated heterocycles. The van der Waals surface area contributed by atoms with E-state index in [-0.39, 0.29) is 35.5 Å². The second-order valence-corrected chi connectivity index (χ2v) is 10.7. The predicted octanol–water partition coefficient (Wildman–Crippen LogP) is 3.08. The molecular weight excluding hydrogens is 382 g/mol. The number of rotatable bonds is 3. The van der Waals surface area contributed by atoms with Crippen molar-refractivity contribution in [3.8, 4) is 11.5 Å². The number of fused-ring (bicyclic) bond motifs is 2. The molecule has 6 nitrogen and oxygen atoms in total. The number of ether oxygens (including phenoxy) is 3. The number of piperidine rings is 1. The average Bonchev–Trinajstić information content (AvgIpc) is 3.20. The van der Waals surface area contributed by atoms with E-state index in [4.69, 9.17) is 14.2 Å². The van der Waals surface area contributed by atoms with Crippen LogP contribution in [0.4, 0.5) is 0 Å². The molecule has 2 heterocycles. The Balaban J connectivity index is 1.64. The third-order valence-corrected chi connectivity index (χ3v) is 8.15. The fourth-order valence-corrected chi connectivity index (χ4v) is 6.40. The molecule has 1 fully saturated rings. The van der Waals surface area contributed by atoms with Gasteiger partial charge in [-0.3, -0.25) is 9.28 Å². The number of methoxy groups -OCH3 is 1. The third kappa shape index (κ3) is 2.24. The van der Waals surface area contributed by atoms with E-state index in [0.29, 0.717) is 11.2 Å². The highest BCUT2D eigenvalue weighted by Crippen LogP contribution is 2.69. The largest absolute Gasteiger partial charge is 0.493 e. The Morgan fingerprint density at radius 2 is 2.07 bits per heavy atom. The van der Waals surface area contributed by atoms with Crippen LogP contribution < -0.4 is 9.47 Å². The van der Waals surface area contributed by atoms with Gasteiger partial charge in [0.25, 0.3) is 0 Å². The highest BCUT2D eigenvalue weighted by molar-refractivity contribution is 5.75. The first-order chi connectivity index (χ1) is 14.1. The molecule has 30 heavy (non-hydrogen) atoms. The number of nitrogens with zero attached hydrogens (tertiary/aromatic N) is 1. The molecule has 5 rings (SSSR count). The van der Waals surface area contributed by atoms with Crippen LogP contribution >= 0.6 is 0 Å². The number of carbonyl (C=O) groups is 1. The predicted molar refractivity (Wildman–Crippen MR) is 111 cm³/mol. The molecule has 2 aliphatic carbocycles. The van der Waals surface area contributed by atoms with Gasteiger partial charge in [0.1, 0.15) is 18.2 Å². The van der Waals surface area contributed by atoms with E-state index in [9.17, 15) is 9.90 Å².